The number of para-hydroxylation sites is 1. The first-order valence-corrected chi connectivity index (χ1v) is 23.4. The van der Waals surface area contributed by atoms with Crippen molar-refractivity contribution in [2.24, 2.45) is 11.8 Å². The van der Waals surface area contributed by atoms with Crippen LogP contribution in [0.3, 0.4) is 0 Å². The minimum Gasteiger partial charge on any atom is -0.496 e. The monoisotopic (exact) mass is 943 g/mol. The van der Waals surface area contributed by atoms with Crippen molar-refractivity contribution in [3.05, 3.63) is 125 Å². The summed E-state index contributed by atoms with van der Waals surface area (Å²) in [5, 5.41) is 11.8. The number of carboxylic acids is 1. The predicted octanol–water partition coefficient (Wildman–Crippen LogP) is 9.74. The van der Waals surface area contributed by atoms with Crippen molar-refractivity contribution in [1.29, 1.82) is 0 Å². The second-order valence-electron chi connectivity index (χ2n) is 17.0. The van der Waals surface area contributed by atoms with E-state index in [1.54, 1.807) is 49.7 Å². The molecular formula is C51H47ClFN5O8S. The number of likely N-dealkylation sites (tertiary alicyclic amines) is 1. The van der Waals surface area contributed by atoms with E-state index in [9.17, 15) is 14.3 Å². The molecule has 2 saturated heterocycles. The Morgan fingerprint density at radius 2 is 1.75 bits per heavy atom. The van der Waals surface area contributed by atoms with Crippen LogP contribution in [0.25, 0.3) is 43.2 Å². The molecule has 4 aliphatic heterocycles. The van der Waals surface area contributed by atoms with Gasteiger partial charge in [-0.3, -0.25) is 4.90 Å². The molecule has 11 rings (SSSR count). The van der Waals surface area contributed by atoms with Crippen molar-refractivity contribution in [1.82, 2.24) is 24.8 Å². The maximum atomic E-state index is 14.3. The second kappa shape index (κ2) is 19.4. The van der Waals surface area contributed by atoms with Gasteiger partial charge >= 0.3 is 5.97 Å². The molecule has 16 heteroatoms. The Labute approximate surface area is 395 Å². The molecule has 2 fully saturated rings. The number of fused-ring (bicyclic) bond motifs is 7. The molecule has 4 aromatic carbocycles. The van der Waals surface area contributed by atoms with Gasteiger partial charge in [0.1, 0.15) is 59.3 Å². The second-order valence-corrected chi connectivity index (χ2v) is 18.4. The first-order chi connectivity index (χ1) is 32.7. The van der Waals surface area contributed by atoms with Gasteiger partial charge in [0.2, 0.25) is 12.0 Å². The van der Waals surface area contributed by atoms with Crippen LogP contribution in [-0.2, 0) is 22.6 Å². The van der Waals surface area contributed by atoms with Gasteiger partial charge in [0, 0.05) is 41.1 Å². The lowest BCUT2D eigenvalue weighted by atomic mass is 9.83. The van der Waals surface area contributed by atoms with E-state index in [4.69, 9.17) is 45.0 Å². The van der Waals surface area contributed by atoms with E-state index in [-0.39, 0.29) is 31.3 Å². The van der Waals surface area contributed by atoms with Crippen LogP contribution in [0, 0.1) is 24.6 Å². The van der Waals surface area contributed by atoms with Crippen LogP contribution in [0.5, 0.6) is 28.9 Å². The number of aliphatic carboxylic acids is 1. The third kappa shape index (κ3) is 9.46. The van der Waals surface area contributed by atoms with Gasteiger partial charge in [0.05, 0.1) is 42.0 Å². The number of thiophene rings is 1. The average Bonchev–Trinajstić information content (AvgIpc) is 3.72. The van der Waals surface area contributed by atoms with Gasteiger partial charge < -0.3 is 33.5 Å². The molecule has 7 heterocycles. The van der Waals surface area contributed by atoms with E-state index in [1.807, 2.05) is 43.3 Å². The Morgan fingerprint density at radius 3 is 2.52 bits per heavy atom. The third-order valence-electron chi connectivity index (χ3n) is 12.7. The molecule has 0 aliphatic carbocycles. The fourth-order valence-electron chi connectivity index (χ4n) is 9.04. The minimum absolute atomic E-state index is 0.0468. The molecular weight excluding hydrogens is 897 g/mol. The first kappa shape index (κ1) is 44.4. The number of piperidine rings is 1. The number of hydrogen-bond acceptors (Lipinski definition) is 13. The smallest absolute Gasteiger partial charge is 0.345 e. The highest BCUT2D eigenvalue weighted by atomic mass is 35.5. The highest BCUT2D eigenvalue weighted by molar-refractivity contribution is 7.22. The molecule has 2 atom stereocenters. The van der Waals surface area contributed by atoms with Crippen LogP contribution >= 0.6 is 22.9 Å². The largest absolute Gasteiger partial charge is 0.496 e. The van der Waals surface area contributed by atoms with E-state index < -0.39 is 18.2 Å². The zero-order valence-corrected chi connectivity index (χ0v) is 38.4. The number of benzene rings is 4. The zero-order valence-electron chi connectivity index (χ0n) is 36.8. The van der Waals surface area contributed by atoms with Gasteiger partial charge in [-0.25, -0.2) is 29.1 Å². The van der Waals surface area contributed by atoms with Crippen molar-refractivity contribution in [3.63, 3.8) is 0 Å². The van der Waals surface area contributed by atoms with Crippen molar-refractivity contribution in [2.75, 3.05) is 46.6 Å². The maximum Gasteiger partial charge on any atom is 0.345 e. The van der Waals surface area contributed by atoms with Gasteiger partial charge in [-0.2, -0.15) is 0 Å². The van der Waals surface area contributed by atoms with E-state index in [0.29, 0.717) is 84.8 Å². The topological polar surface area (TPSA) is 147 Å². The predicted molar refractivity (Wildman–Crippen MR) is 252 cm³/mol. The Hall–Kier alpha value is -6.39. The number of aromatic nitrogens is 4. The fourth-order valence-corrected chi connectivity index (χ4v) is 10.4. The van der Waals surface area contributed by atoms with Gasteiger partial charge in [-0.15, -0.1) is 11.3 Å². The van der Waals surface area contributed by atoms with Crippen molar-refractivity contribution in [3.8, 4) is 61.8 Å². The molecule has 7 aromatic rings. The lowest BCUT2D eigenvalue weighted by Gasteiger charge is -2.40. The van der Waals surface area contributed by atoms with Gasteiger partial charge in [0.25, 0.3) is 0 Å². The van der Waals surface area contributed by atoms with Crippen LogP contribution in [0.1, 0.15) is 29.7 Å². The molecule has 4 aliphatic rings. The summed E-state index contributed by atoms with van der Waals surface area (Å²) in [6.07, 6.45) is 3.16. The highest BCUT2D eigenvalue weighted by Gasteiger charge is 2.33. The normalized spacial score (nSPS) is 18.0. The highest BCUT2D eigenvalue weighted by Crippen LogP contribution is 2.50. The number of rotatable bonds is 10. The molecule has 4 bridgehead atoms. The number of carboxylic acid groups (broad SMARTS) is 1. The standard InChI is InChI=1S/C51H47ClFN5O8S/c1-29-38-12-14-42(46(29)52)65-37(23-58-19-16-30(17-20-58)33-24-62-25-33)27-63-36-11-13-40(64-26-35-15-18-54-48(57-35)39-5-3-4-6-41(39)61-2)32(21-36)22-43(51(59)60)66-49-45-44(38)47(67-50(45)56-28-55-49)31-7-9-34(53)10-8-31/h3-15,18,21,28,30,33,37,43H,16-17,19-20,22-27H2,1-2H3,(H,59,60)/t37-,43-/m1/s1. The lowest BCUT2D eigenvalue weighted by Crippen LogP contribution is -2.46. The van der Waals surface area contributed by atoms with Gasteiger partial charge in [-0.05, 0) is 110 Å². The van der Waals surface area contributed by atoms with Gasteiger partial charge in [0.15, 0.2) is 5.82 Å². The first-order valence-electron chi connectivity index (χ1n) is 22.2. The minimum atomic E-state index is -1.44. The lowest BCUT2D eigenvalue weighted by molar-refractivity contribution is -0.145. The fraction of sp³-hybridized carbons (Fsp3) is 0.314. The van der Waals surface area contributed by atoms with Crippen LogP contribution < -0.4 is 23.7 Å². The van der Waals surface area contributed by atoms with Crippen LogP contribution in [0.4, 0.5) is 4.39 Å². The van der Waals surface area contributed by atoms with Crippen molar-refractivity contribution < 1.29 is 42.7 Å². The maximum absolute atomic E-state index is 14.3. The van der Waals surface area contributed by atoms with Gasteiger partial charge in [-0.1, -0.05) is 41.9 Å². The third-order valence-corrected chi connectivity index (χ3v) is 14.4. The number of halogens is 2. The van der Waals surface area contributed by atoms with Crippen molar-refractivity contribution in [2.45, 2.75) is 45.0 Å². The summed E-state index contributed by atoms with van der Waals surface area (Å²) in [5.74, 6) is 2.23. The van der Waals surface area contributed by atoms with E-state index in [0.717, 1.165) is 60.7 Å². The summed E-state index contributed by atoms with van der Waals surface area (Å²) in [6.45, 7) is 6.25. The molecule has 1 N–H and O–H groups in total. The summed E-state index contributed by atoms with van der Waals surface area (Å²) >= 11 is 8.64. The van der Waals surface area contributed by atoms with E-state index >= 15 is 0 Å². The van der Waals surface area contributed by atoms with Crippen molar-refractivity contribution >= 4 is 39.1 Å². The number of carbonyl (C=O) groups is 1. The van der Waals surface area contributed by atoms with E-state index in [2.05, 4.69) is 19.9 Å². The molecule has 344 valence electrons. The molecule has 67 heavy (non-hydrogen) atoms. The van der Waals surface area contributed by atoms with Crippen LogP contribution in [0.15, 0.2) is 97.5 Å². The number of ether oxygens (including phenoxy) is 6. The van der Waals surface area contributed by atoms with Crippen LogP contribution in [0.2, 0.25) is 5.02 Å². The Kier molecular flexibility index (Phi) is 12.9. The summed E-state index contributed by atoms with van der Waals surface area (Å²) < 4.78 is 51.7. The Morgan fingerprint density at radius 1 is 0.925 bits per heavy atom. The van der Waals surface area contributed by atoms with E-state index in [1.165, 1.54) is 29.8 Å². The number of nitrogens with zero attached hydrogens (tertiary/aromatic N) is 5. The SMILES string of the molecule is COc1ccccc1-c1nccc(COc2ccc3cc2C[C@H](C(=O)O)Oc2ncnc4sc(-c5ccc(F)cc5)c(c24)-c2ccc(c(Cl)c2C)O[C@H](CN2CCC(C4COC4)CC2)CO3)n1. The molecule has 0 saturated carbocycles. The number of methoxy groups -OCH3 is 1. The molecule has 0 radical (unpaired) electrons. The molecule has 3 aromatic heterocycles. The summed E-state index contributed by atoms with van der Waals surface area (Å²) in [7, 11) is 1.60. The molecule has 0 spiro atoms. The zero-order chi connectivity index (χ0) is 46.0. The Balaban J connectivity index is 1.04. The molecule has 0 unspecified atom stereocenters. The molecule has 0 amide bonds. The average molecular weight is 944 g/mol. The summed E-state index contributed by atoms with van der Waals surface area (Å²) in [6, 6.07) is 24.6. The summed E-state index contributed by atoms with van der Waals surface area (Å²) in [4.78, 5) is 35.4. The number of hydrogen-bond donors (Lipinski definition) is 1. The van der Waals surface area contributed by atoms with Crippen LogP contribution in [-0.4, -0.2) is 94.7 Å². The molecule has 13 nitrogen and oxygen atoms in total. The Bertz CT molecular complexity index is 2930. The summed E-state index contributed by atoms with van der Waals surface area (Å²) in [5.41, 5.74) is 4.68. The quantitative estimate of drug-likeness (QED) is 0.139.